The fourth-order valence-electron chi connectivity index (χ4n) is 2.62. The van der Waals surface area contributed by atoms with Crippen molar-refractivity contribution in [1.29, 1.82) is 0 Å². The summed E-state index contributed by atoms with van der Waals surface area (Å²) < 4.78 is 14.2. The fraction of sp³-hybridized carbons (Fsp3) is 0.250. The van der Waals surface area contributed by atoms with Crippen molar-refractivity contribution in [2.24, 2.45) is 0 Å². The molecule has 0 atom stereocenters. The largest absolute Gasteiger partial charge is 0.360 e. The van der Waals surface area contributed by atoms with Crippen LogP contribution in [0.25, 0.3) is 0 Å². The van der Waals surface area contributed by atoms with Crippen molar-refractivity contribution in [2.75, 3.05) is 11.9 Å². The molecule has 0 aliphatic carbocycles. The van der Waals surface area contributed by atoms with Crippen LogP contribution >= 0.6 is 0 Å². The number of hydrogen-bond acceptors (Lipinski definition) is 2. The van der Waals surface area contributed by atoms with Crippen LogP contribution in [-0.4, -0.2) is 7.05 Å². The number of nitrogens with zero attached hydrogens (tertiary/aromatic N) is 1. The molecule has 1 N–H and O–H groups in total. The highest BCUT2D eigenvalue weighted by Crippen LogP contribution is 2.30. The lowest BCUT2D eigenvalue weighted by Crippen LogP contribution is -2.16. The van der Waals surface area contributed by atoms with Gasteiger partial charge in [-0.15, -0.1) is 0 Å². The van der Waals surface area contributed by atoms with E-state index in [-0.39, 0.29) is 5.82 Å². The molecule has 0 fully saturated rings. The van der Waals surface area contributed by atoms with Gasteiger partial charge in [-0.3, -0.25) is 0 Å². The van der Waals surface area contributed by atoms with E-state index in [1.54, 1.807) is 6.07 Å². The van der Waals surface area contributed by atoms with E-state index in [0.717, 1.165) is 18.7 Å². The second-order valence-corrected chi connectivity index (χ2v) is 4.94. The molecule has 0 spiro atoms. The molecule has 2 nitrogen and oxygen atoms in total. The molecule has 0 bridgehead atoms. The SMILES string of the molecule is CNCc1ccc(N2Cc3ccccc3C2)c(F)c1. The Morgan fingerprint density at radius 3 is 2.37 bits per heavy atom. The molecule has 0 amide bonds. The van der Waals surface area contributed by atoms with E-state index in [9.17, 15) is 4.39 Å². The van der Waals surface area contributed by atoms with Gasteiger partial charge in [-0.2, -0.15) is 0 Å². The van der Waals surface area contributed by atoms with Crippen LogP contribution in [0.5, 0.6) is 0 Å². The molecule has 0 unspecified atom stereocenters. The fourth-order valence-corrected chi connectivity index (χ4v) is 2.62. The van der Waals surface area contributed by atoms with Gasteiger partial charge in [-0.25, -0.2) is 4.39 Å². The first-order valence-electron chi connectivity index (χ1n) is 6.52. The Morgan fingerprint density at radius 1 is 1.11 bits per heavy atom. The maximum atomic E-state index is 14.2. The van der Waals surface area contributed by atoms with Crippen molar-refractivity contribution < 1.29 is 4.39 Å². The second-order valence-electron chi connectivity index (χ2n) is 4.94. The van der Waals surface area contributed by atoms with E-state index >= 15 is 0 Å². The van der Waals surface area contributed by atoms with E-state index in [1.807, 2.05) is 31.3 Å². The van der Waals surface area contributed by atoms with Gasteiger partial charge in [0.2, 0.25) is 0 Å². The van der Waals surface area contributed by atoms with E-state index in [0.29, 0.717) is 12.2 Å². The summed E-state index contributed by atoms with van der Waals surface area (Å²) in [7, 11) is 1.86. The summed E-state index contributed by atoms with van der Waals surface area (Å²) in [6, 6.07) is 13.8. The number of hydrogen-bond donors (Lipinski definition) is 1. The minimum Gasteiger partial charge on any atom is -0.360 e. The first kappa shape index (κ1) is 12.2. The van der Waals surface area contributed by atoms with Crippen molar-refractivity contribution >= 4 is 5.69 Å². The Bertz CT molecular complexity index is 570. The van der Waals surface area contributed by atoms with E-state index in [2.05, 4.69) is 22.3 Å². The zero-order chi connectivity index (χ0) is 13.2. The van der Waals surface area contributed by atoms with Crippen LogP contribution in [-0.2, 0) is 19.6 Å². The van der Waals surface area contributed by atoms with Crippen LogP contribution < -0.4 is 10.2 Å². The lowest BCUT2D eigenvalue weighted by Gasteiger charge is -2.19. The third-order valence-electron chi connectivity index (χ3n) is 3.57. The van der Waals surface area contributed by atoms with E-state index in [1.165, 1.54) is 11.1 Å². The Hall–Kier alpha value is -1.87. The van der Waals surface area contributed by atoms with Gasteiger partial charge < -0.3 is 10.2 Å². The molecule has 1 heterocycles. The minimum atomic E-state index is -0.138. The van der Waals surface area contributed by atoms with Gasteiger partial charge in [-0.05, 0) is 35.9 Å². The standard InChI is InChI=1S/C16H17FN2/c1-18-9-12-6-7-16(15(17)8-12)19-10-13-4-2-3-5-14(13)11-19/h2-8,18H,9-11H2,1H3. The number of nitrogens with one attached hydrogen (secondary N) is 1. The summed E-state index contributed by atoms with van der Waals surface area (Å²) in [6.07, 6.45) is 0. The summed E-state index contributed by atoms with van der Waals surface area (Å²) >= 11 is 0. The molecule has 3 rings (SSSR count). The molecular formula is C16H17FN2. The summed E-state index contributed by atoms with van der Waals surface area (Å²) in [4.78, 5) is 2.09. The predicted octanol–water partition coefficient (Wildman–Crippen LogP) is 3.07. The van der Waals surface area contributed by atoms with Gasteiger partial charge in [0, 0.05) is 19.6 Å². The predicted molar refractivity (Wildman–Crippen MR) is 75.5 cm³/mol. The van der Waals surface area contributed by atoms with Gasteiger partial charge >= 0.3 is 0 Å². The Morgan fingerprint density at radius 2 is 1.79 bits per heavy atom. The number of halogens is 1. The maximum absolute atomic E-state index is 14.2. The minimum absolute atomic E-state index is 0.138. The van der Waals surface area contributed by atoms with E-state index < -0.39 is 0 Å². The van der Waals surface area contributed by atoms with E-state index in [4.69, 9.17) is 0 Å². The first-order valence-corrected chi connectivity index (χ1v) is 6.52. The highest BCUT2D eigenvalue weighted by molar-refractivity contribution is 5.53. The summed E-state index contributed by atoms with van der Waals surface area (Å²) in [5, 5.41) is 3.03. The molecule has 2 aromatic carbocycles. The highest BCUT2D eigenvalue weighted by atomic mass is 19.1. The Balaban J connectivity index is 1.85. The van der Waals surface area contributed by atoms with Crippen molar-refractivity contribution in [3.05, 3.63) is 65.0 Å². The molecule has 1 aliphatic rings. The monoisotopic (exact) mass is 256 g/mol. The molecule has 0 saturated heterocycles. The van der Waals surface area contributed by atoms with Crippen LogP contribution in [0.1, 0.15) is 16.7 Å². The topological polar surface area (TPSA) is 15.3 Å². The zero-order valence-electron chi connectivity index (χ0n) is 11.0. The molecule has 1 aliphatic heterocycles. The maximum Gasteiger partial charge on any atom is 0.146 e. The third kappa shape index (κ3) is 2.34. The van der Waals surface area contributed by atoms with Crippen LogP contribution in [0.2, 0.25) is 0 Å². The highest BCUT2D eigenvalue weighted by Gasteiger charge is 2.20. The van der Waals surface area contributed by atoms with Crippen molar-refractivity contribution in [1.82, 2.24) is 5.32 Å². The normalized spacial score (nSPS) is 13.7. The molecule has 0 saturated carbocycles. The Labute approximate surface area is 112 Å². The smallest absolute Gasteiger partial charge is 0.146 e. The van der Waals surface area contributed by atoms with Crippen LogP contribution in [0, 0.1) is 5.82 Å². The van der Waals surface area contributed by atoms with Crippen molar-refractivity contribution in [3.8, 4) is 0 Å². The molecule has 2 aromatic rings. The van der Waals surface area contributed by atoms with Crippen LogP contribution in [0.4, 0.5) is 10.1 Å². The first-order chi connectivity index (χ1) is 9.28. The zero-order valence-corrected chi connectivity index (χ0v) is 11.0. The van der Waals surface area contributed by atoms with Gasteiger partial charge in [0.15, 0.2) is 0 Å². The average molecular weight is 256 g/mol. The van der Waals surface area contributed by atoms with Gasteiger partial charge in [0.05, 0.1) is 5.69 Å². The average Bonchev–Trinajstić information content (AvgIpc) is 2.82. The summed E-state index contributed by atoms with van der Waals surface area (Å²) in [6.45, 7) is 2.27. The number of benzene rings is 2. The van der Waals surface area contributed by atoms with Crippen molar-refractivity contribution in [3.63, 3.8) is 0 Å². The molecule has 3 heteroatoms. The lowest BCUT2D eigenvalue weighted by atomic mass is 10.1. The molecule has 19 heavy (non-hydrogen) atoms. The molecule has 0 radical (unpaired) electrons. The number of rotatable bonds is 3. The number of anilines is 1. The van der Waals surface area contributed by atoms with Gasteiger partial charge in [0.25, 0.3) is 0 Å². The molecule has 0 aromatic heterocycles. The molecule has 98 valence electrons. The summed E-state index contributed by atoms with van der Waals surface area (Å²) in [5.41, 5.74) is 4.25. The summed E-state index contributed by atoms with van der Waals surface area (Å²) in [5.74, 6) is -0.138. The van der Waals surface area contributed by atoms with Gasteiger partial charge in [0.1, 0.15) is 5.82 Å². The Kier molecular flexibility index (Phi) is 3.22. The quantitative estimate of drug-likeness (QED) is 0.908. The third-order valence-corrected chi connectivity index (χ3v) is 3.57. The second kappa shape index (κ2) is 5.02. The molecular weight excluding hydrogens is 239 g/mol. The van der Waals surface area contributed by atoms with Crippen molar-refractivity contribution in [2.45, 2.75) is 19.6 Å². The van der Waals surface area contributed by atoms with Crippen LogP contribution in [0.3, 0.4) is 0 Å². The van der Waals surface area contributed by atoms with Crippen LogP contribution in [0.15, 0.2) is 42.5 Å². The van der Waals surface area contributed by atoms with Gasteiger partial charge in [-0.1, -0.05) is 30.3 Å². The number of fused-ring (bicyclic) bond motifs is 1. The lowest BCUT2D eigenvalue weighted by molar-refractivity contribution is 0.615.